The number of rotatable bonds is 12. The van der Waals surface area contributed by atoms with Gasteiger partial charge in [0.1, 0.15) is 18.1 Å². The van der Waals surface area contributed by atoms with Gasteiger partial charge in [0.15, 0.2) is 11.6 Å². The summed E-state index contributed by atoms with van der Waals surface area (Å²) in [5, 5.41) is 9.91. The number of nitrogens with zero attached hydrogens (tertiary/aromatic N) is 2. The molecule has 41 heavy (non-hydrogen) atoms. The van der Waals surface area contributed by atoms with Crippen molar-refractivity contribution in [3.63, 3.8) is 0 Å². The van der Waals surface area contributed by atoms with Crippen LogP contribution in [0.2, 0.25) is 0 Å². The van der Waals surface area contributed by atoms with Crippen LogP contribution in [-0.2, 0) is 28.9 Å². The number of likely N-dealkylation sites (N-methyl/N-ethyl adjacent to an activating group) is 2. The number of ether oxygens (including phenoxy) is 3. The predicted molar refractivity (Wildman–Crippen MR) is 160 cm³/mol. The van der Waals surface area contributed by atoms with Gasteiger partial charge in [-0.3, -0.25) is 4.90 Å². The van der Waals surface area contributed by atoms with E-state index in [2.05, 4.69) is 48.1 Å². The van der Waals surface area contributed by atoms with Crippen LogP contribution in [0.25, 0.3) is 0 Å². The number of phenolic OH excluding ortho intramolecular Hbond substituents is 1. The quantitative estimate of drug-likeness (QED) is 0.355. The second kappa shape index (κ2) is 13.9. The first-order valence-corrected chi connectivity index (χ1v) is 15.1. The van der Waals surface area contributed by atoms with E-state index in [1.54, 1.807) is 25.3 Å². The van der Waals surface area contributed by atoms with Gasteiger partial charge in [-0.15, -0.1) is 0 Å². The molecule has 6 nitrogen and oxygen atoms in total. The minimum absolute atomic E-state index is 0.141. The van der Waals surface area contributed by atoms with Gasteiger partial charge in [-0.2, -0.15) is 0 Å². The molecule has 0 aromatic heterocycles. The van der Waals surface area contributed by atoms with Crippen molar-refractivity contribution in [3.05, 3.63) is 82.9 Å². The normalized spacial score (nSPS) is 24.0. The van der Waals surface area contributed by atoms with Gasteiger partial charge in [-0.05, 0) is 111 Å². The van der Waals surface area contributed by atoms with E-state index in [0.717, 1.165) is 69.7 Å². The average molecular weight is 565 g/mol. The molecule has 2 aromatic carbocycles. The number of fused-ring (bicyclic) bond motifs is 1. The Bertz CT molecular complexity index is 1230. The number of allylic oxidation sites excluding steroid dienone is 1. The maximum Gasteiger partial charge on any atom is 0.165 e. The zero-order chi connectivity index (χ0) is 28.8. The lowest BCUT2D eigenvalue weighted by molar-refractivity contribution is 0.0769. The molecule has 1 fully saturated rings. The van der Waals surface area contributed by atoms with Crippen LogP contribution < -0.4 is 4.74 Å². The summed E-state index contributed by atoms with van der Waals surface area (Å²) in [5.41, 5.74) is 3.51. The molecule has 222 valence electrons. The van der Waals surface area contributed by atoms with Crippen molar-refractivity contribution in [2.75, 3.05) is 47.0 Å². The topological polar surface area (TPSA) is 54.4 Å². The fourth-order valence-electron chi connectivity index (χ4n) is 6.63. The highest BCUT2D eigenvalue weighted by molar-refractivity contribution is 5.37. The minimum atomic E-state index is -0.319. The summed E-state index contributed by atoms with van der Waals surface area (Å²) in [6, 6.07) is 11.3. The molecule has 7 heteroatoms. The van der Waals surface area contributed by atoms with Crippen LogP contribution in [0.3, 0.4) is 0 Å². The van der Waals surface area contributed by atoms with Gasteiger partial charge in [-0.1, -0.05) is 25.1 Å². The molecule has 2 unspecified atom stereocenters. The summed E-state index contributed by atoms with van der Waals surface area (Å²) in [5.74, 6) is 1.98. The third kappa shape index (κ3) is 7.51. The van der Waals surface area contributed by atoms with Crippen LogP contribution in [0, 0.1) is 17.7 Å². The first-order chi connectivity index (χ1) is 19.9. The second-order valence-electron chi connectivity index (χ2n) is 11.7. The summed E-state index contributed by atoms with van der Waals surface area (Å²) >= 11 is 0. The molecule has 0 saturated carbocycles. The number of hydrogen-bond acceptors (Lipinski definition) is 6. The molecule has 0 bridgehead atoms. The van der Waals surface area contributed by atoms with Crippen molar-refractivity contribution in [3.8, 4) is 11.5 Å². The highest BCUT2D eigenvalue weighted by Crippen LogP contribution is 2.38. The smallest absolute Gasteiger partial charge is 0.165 e. The molecule has 0 spiro atoms. The van der Waals surface area contributed by atoms with Crippen LogP contribution >= 0.6 is 0 Å². The van der Waals surface area contributed by atoms with Crippen LogP contribution in [-0.4, -0.2) is 74.1 Å². The van der Waals surface area contributed by atoms with E-state index in [9.17, 15) is 5.11 Å². The van der Waals surface area contributed by atoms with Crippen LogP contribution in [0.5, 0.6) is 11.5 Å². The lowest BCUT2D eigenvalue weighted by Gasteiger charge is -2.41. The summed E-state index contributed by atoms with van der Waals surface area (Å²) in [7, 11) is 3.76. The monoisotopic (exact) mass is 564 g/mol. The van der Waals surface area contributed by atoms with E-state index in [4.69, 9.17) is 14.2 Å². The molecule has 4 atom stereocenters. The van der Waals surface area contributed by atoms with Crippen LogP contribution in [0.4, 0.5) is 4.39 Å². The minimum Gasteiger partial charge on any atom is -0.508 e. The van der Waals surface area contributed by atoms with Gasteiger partial charge in [0.25, 0.3) is 0 Å². The van der Waals surface area contributed by atoms with E-state index in [1.807, 2.05) is 12.1 Å². The average Bonchev–Trinajstić information content (AvgIpc) is 3.49. The van der Waals surface area contributed by atoms with Crippen LogP contribution in [0.15, 0.2) is 60.4 Å². The van der Waals surface area contributed by atoms with Gasteiger partial charge in [0.05, 0.1) is 13.2 Å². The molecule has 1 N–H and O–H groups in total. The van der Waals surface area contributed by atoms with Crippen molar-refractivity contribution >= 4 is 0 Å². The van der Waals surface area contributed by atoms with Crippen molar-refractivity contribution in [1.82, 2.24) is 9.80 Å². The zero-order valence-corrected chi connectivity index (χ0v) is 24.7. The first-order valence-electron chi connectivity index (χ1n) is 15.1. The van der Waals surface area contributed by atoms with Gasteiger partial charge in [0, 0.05) is 32.3 Å². The molecular weight excluding hydrogens is 519 g/mol. The first kappa shape index (κ1) is 29.6. The molecule has 2 aliphatic carbocycles. The van der Waals surface area contributed by atoms with E-state index >= 15 is 4.39 Å². The molecule has 1 aliphatic heterocycles. The number of aromatic hydroxyl groups is 1. The van der Waals surface area contributed by atoms with Gasteiger partial charge in [0.2, 0.25) is 0 Å². The molecule has 1 heterocycles. The second-order valence-corrected chi connectivity index (χ2v) is 11.7. The highest BCUT2D eigenvalue weighted by Gasteiger charge is 2.34. The summed E-state index contributed by atoms with van der Waals surface area (Å²) in [6.45, 7) is 6.52. The molecule has 0 radical (unpaired) electrons. The highest BCUT2D eigenvalue weighted by atomic mass is 19.1. The Morgan fingerprint density at radius 1 is 1.12 bits per heavy atom. The molecular formula is C34H45FN2O4. The zero-order valence-electron chi connectivity index (χ0n) is 24.7. The number of aryl methyl sites for hydroxylation is 1. The summed E-state index contributed by atoms with van der Waals surface area (Å²) in [6.07, 6.45) is 12.2. The summed E-state index contributed by atoms with van der Waals surface area (Å²) < 4.78 is 32.3. The number of halogens is 1. The maximum atomic E-state index is 15.1. The lowest BCUT2D eigenvalue weighted by atomic mass is 9.72. The van der Waals surface area contributed by atoms with Gasteiger partial charge < -0.3 is 24.2 Å². The Morgan fingerprint density at radius 2 is 2.00 bits per heavy atom. The van der Waals surface area contributed by atoms with Crippen LogP contribution in [0.1, 0.15) is 42.9 Å². The Labute approximate surface area is 244 Å². The number of hydrogen-bond donors (Lipinski definition) is 1. The summed E-state index contributed by atoms with van der Waals surface area (Å²) in [4.78, 5) is 4.60. The number of methoxy groups -OCH3 is 1. The largest absolute Gasteiger partial charge is 0.508 e. The standard InChI is InChI=1S/C34H45FN2O4/c1-4-37(22-24-7-14-34(32(35)18-24)41-17-15-36(2)23-30-6-5-16-40-30)33-21-29(39-3)12-13-31(33)27-9-8-26-20-28(38)11-10-25(26)19-27/h7,10-14,18,20-21,27,30-31,33,38H,4-6,8-9,15-17,19,22-23H2,1-3H3/t27-,30+,31?,33?/m1/s1. The third-order valence-electron chi connectivity index (χ3n) is 8.93. The maximum absolute atomic E-state index is 15.1. The van der Waals surface area contributed by atoms with E-state index < -0.39 is 0 Å². The Balaban J connectivity index is 1.22. The van der Waals surface area contributed by atoms with Gasteiger partial charge in [-0.25, -0.2) is 4.39 Å². The molecule has 0 amide bonds. The van der Waals surface area contributed by atoms with Gasteiger partial charge >= 0.3 is 0 Å². The predicted octanol–water partition coefficient (Wildman–Crippen LogP) is 5.73. The third-order valence-corrected chi connectivity index (χ3v) is 8.93. The van der Waals surface area contributed by atoms with E-state index in [-0.39, 0.29) is 11.9 Å². The molecule has 2 aromatic rings. The Hall–Kier alpha value is -2.87. The SMILES string of the molecule is CCN(Cc1ccc(OCCN(C)C[C@@H]2CCCO2)c(F)c1)C1C=C(OC)C=CC1[C@@H]1CCc2cc(O)ccc2C1. The van der Waals surface area contributed by atoms with Crippen molar-refractivity contribution < 1.29 is 23.7 Å². The van der Waals surface area contributed by atoms with Crippen molar-refractivity contribution in [2.24, 2.45) is 11.8 Å². The van der Waals surface area contributed by atoms with E-state index in [1.165, 1.54) is 11.1 Å². The molecule has 1 saturated heterocycles. The fraction of sp³-hybridized carbons (Fsp3) is 0.529. The fourth-order valence-corrected chi connectivity index (χ4v) is 6.63. The lowest BCUT2D eigenvalue weighted by Crippen LogP contribution is -2.43. The molecule has 5 rings (SSSR count). The number of benzene rings is 2. The molecule has 3 aliphatic rings. The van der Waals surface area contributed by atoms with E-state index in [0.29, 0.717) is 42.6 Å². The Morgan fingerprint density at radius 3 is 2.76 bits per heavy atom. The van der Waals surface area contributed by atoms with Crippen molar-refractivity contribution in [1.29, 1.82) is 0 Å². The Kier molecular flexibility index (Phi) is 10.0. The number of phenols is 1. The van der Waals surface area contributed by atoms with Crippen molar-refractivity contribution in [2.45, 2.75) is 57.7 Å².